The van der Waals surface area contributed by atoms with E-state index >= 15 is 0 Å². The van der Waals surface area contributed by atoms with Crippen LogP contribution in [-0.4, -0.2) is 20.8 Å². The van der Waals surface area contributed by atoms with Crippen molar-refractivity contribution in [1.29, 1.82) is 0 Å². The molecule has 2 fully saturated rings. The quantitative estimate of drug-likeness (QED) is 0.583. The highest BCUT2D eigenvalue weighted by atomic mass is 15.3. The summed E-state index contributed by atoms with van der Waals surface area (Å²) in [5, 5.41) is 4.21. The van der Waals surface area contributed by atoms with Crippen molar-refractivity contribution in [3.63, 3.8) is 0 Å². The topological polar surface area (TPSA) is 68.8 Å². The number of rotatable bonds is 5. The number of aryl methyl sites for hydroxylation is 1. The SMILES string of the molecule is CCn1ncnc1CC(NN)C1CC2CC2C1. The van der Waals surface area contributed by atoms with E-state index in [1.807, 2.05) is 4.68 Å². The second kappa shape index (κ2) is 4.38. The molecule has 5 nitrogen and oxygen atoms in total. The number of nitrogens with two attached hydrogens (primary N) is 1. The molecule has 0 aromatic carbocycles. The molecule has 3 rings (SSSR count). The first-order valence-electron chi connectivity index (χ1n) is 6.64. The second-order valence-electron chi connectivity index (χ2n) is 5.46. The van der Waals surface area contributed by atoms with Crippen molar-refractivity contribution >= 4 is 0 Å². The Morgan fingerprint density at radius 2 is 2.24 bits per heavy atom. The van der Waals surface area contributed by atoms with Crippen molar-refractivity contribution in [1.82, 2.24) is 20.2 Å². The Bertz CT molecular complexity index is 378. The van der Waals surface area contributed by atoms with Gasteiger partial charge < -0.3 is 0 Å². The van der Waals surface area contributed by atoms with Crippen LogP contribution in [0.2, 0.25) is 0 Å². The number of hydrogen-bond acceptors (Lipinski definition) is 4. The fourth-order valence-electron chi connectivity index (χ4n) is 3.36. The average Bonchev–Trinajstić information content (AvgIpc) is 2.80. The van der Waals surface area contributed by atoms with E-state index in [-0.39, 0.29) is 0 Å². The lowest BCUT2D eigenvalue weighted by atomic mass is 9.92. The highest BCUT2D eigenvalue weighted by molar-refractivity contribution is 5.01. The molecule has 5 heteroatoms. The Kier molecular flexibility index (Phi) is 2.88. The first-order chi connectivity index (χ1) is 8.31. The third-order valence-corrected chi connectivity index (χ3v) is 4.46. The van der Waals surface area contributed by atoms with Crippen LogP contribution in [0.5, 0.6) is 0 Å². The molecule has 94 valence electrons. The van der Waals surface area contributed by atoms with Crippen LogP contribution in [0.3, 0.4) is 0 Å². The van der Waals surface area contributed by atoms with E-state index in [2.05, 4.69) is 22.4 Å². The molecule has 0 radical (unpaired) electrons. The number of hydrazine groups is 1. The number of nitrogens with one attached hydrogen (secondary N) is 1. The zero-order valence-corrected chi connectivity index (χ0v) is 10.3. The van der Waals surface area contributed by atoms with Crippen molar-refractivity contribution in [2.24, 2.45) is 23.6 Å². The number of aromatic nitrogens is 3. The minimum absolute atomic E-state index is 0.359. The molecule has 0 spiro atoms. The van der Waals surface area contributed by atoms with Crippen LogP contribution in [-0.2, 0) is 13.0 Å². The summed E-state index contributed by atoms with van der Waals surface area (Å²) in [4.78, 5) is 4.33. The molecule has 0 bridgehead atoms. The van der Waals surface area contributed by atoms with Gasteiger partial charge in [0.2, 0.25) is 0 Å². The van der Waals surface area contributed by atoms with Gasteiger partial charge in [0.25, 0.3) is 0 Å². The maximum absolute atomic E-state index is 5.71. The van der Waals surface area contributed by atoms with E-state index in [4.69, 9.17) is 5.84 Å². The Hall–Kier alpha value is -0.940. The molecule has 3 N–H and O–H groups in total. The monoisotopic (exact) mass is 235 g/mol. The van der Waals surface area contributed by atoms with Gasteiger partial charge in [-0.25, -0.2) is 4.98 Å². The first-order valence-corrected chi connectivity index (χ1v) is 6.64. The molecule has 1 aromatic rings. The van der Waals surface area contributed by atoms with Crippen molar-refractivity contribution < 1.29 is 0 Å². The van der Waals surface area contributed by atoms with E-state index in [9.17, 15) is 0 Å². The van der Waals surface area contributed by atoms with Gasteiger partial charge in [0.05, 0.1) is 0 Å². The van der Waals surface area contributed by atoms with Gasteiger partial charge in [-0.1, -0.05) is 0 Å². The molecule has 2 saturated carbocycles. The summed E-state index contributed by atoms with van der Waals surface area (Å²) in [5.74, 6) is 9.49. The van der Waals surface area contributed by atoms with Gasteiger partial charge in [-0.3, -0.25) is 16.0 Å². The minimum atomic E-state index is 0.359. The highest BCUT2D eigenvalue weighted by Crippen LogP contribution is 2.55. The molecule has 3 unspecified atom stereocenters. The lowest BCUT2D eigenvalue weighted by Crippen LogP contribution is -2.42. The zero-order chi connectivity index (χ0) is 11.8. The van der Waals surface area contributed by atoms with Crippen LogP contribution in [0, 0.1) is 17.8 Å². The Balaban J connectivity index is 1.65. The molecule has 2 aliphatic carbocycles. The summed E-state index contributed by atoms with van der Waals surface area (Å²) in [6, 6.07) is 0.359. The predicted octanol–water partition coefficient (Wildman–Crippen LogP) is 0.718. The van der Waals surface area contributed by atoms with E-state index in [1.54, 1.807) is 6.33 Å². The number of nitrogens with zero attached hydrogens (tertiary/aromatic N) is 3. The minimum Gasteiger partial charge on any atom is -0.271 e. The average molecular weight is 235 g/mol. The fraction of sp³-hybridized carbons (Fsp3) is 0.833. The number of fused-ring (bicyclic) bond motifs is 1. The van der Waals surface area contributed by atoms with Gasteiger partial charge in [-0.15, -0.1) is 0 Å². The summed E-state index contributed by atoms with van der Waals surface area (Å²) < 4.78 is 1.96. The van der Waals surface area contributed by atoms with Gasteiger partial charge in [0.15, 0.2) is 0 Å². The fourth-order valence-corrected chi connectivity index (χ4v) is 3.36. The lowest BCUT2D eigenvalue weighted by Gasteiger charge is -2.23. The second-order valence-corrected chi connectivity index (χ2v) is 5.46. The maximum Gasteiger partial charge on any atom is 0.138 e. The van der Waals surface area contributed by atoms with Crippen molar-refractivity contribution in [2.45, 2.75) is 45.2 Å². The van der Waals surface area contributed by atoms with Gasteiger partial charge in [-0.05, 0) is 43.9 Å². The summed E-state index contributed by atoms with van der Waals surface area (Å²) in [6.45, 7) is 2.97. The van der Waals surface area contributed by atoms with E-state index in [0.29, 0.717) is 6.04 Å². The van der Waals surface area contributed by atoms with Crippen molar-refractivity contribution in [3.05, 3.63) is 12.2 Å². The molecule has 1 aromatic heterocycles. The Morgan fingerprint density at radius 3 is 2.88 bits per heavy atom. The van der Waals surface area contributed by atoms with Crippen LogP contribution in [0.25, 0.3) is 0 Å². The molecule has 3 atom stereocenters. The molecule has 17 heavy (non-hydrogen) atoms. The summed E-state index contributed by atoms with van der Waals surface area (Å²) in [7, 11) is 0. The lowest BCUT2D eigenvalue weighted by molar-refractivity contribution is 0.328. The largest absolute Gasteiger partial charge is 0.271 e. The zero-order valence-electron chi connectivity index (χ0n) is 10.3. The smallest absolute Gasteiger partial charge is 0.138 e. The summed E-state index contributed by atoms with van der Waals surface area (Å²) in [5.41, 5.74) is 2.99. The molecular weight excluding hydrogens is 214 g/mol. The Labute approximate surface area is 102 Å². The van der Waals surface area contributed by atoms with Gasteiger partial charge >= 0.3 is 0 Å². The van der Waals surface area contributed by atoms with Gasteiger partial charge in [0, 0.05) is 19.0 Å². The highest BCUT2D eigenvalue weighted by Gasteiger charge is 2.47. The van der Waals surface area contributed by atoms with E-state index in [1.165, 1.54) is 19.3 Å². The molecule has 2 aliphatic rings. The van der Waals surface area contributed by atoms with E-state index in [0.717, 1.165) is 36.5 Å². The van der Waals surface area contributed by atoms with Gasteiger partial charge in [0.1, 0.15) is 12.2 Å². The first kappa shape index (κ1) is 11.2. The van der Waals surface area contributed by atoms with Crippen LogP contribution in [0.1, 0.15) is 32.0 Å². The molecule has 0 amide bonds. The van der Waals surface area contributed by atoms with Crippen molar-refractivity contribution in [3.8, 4) is 0 Å². The molecule has 1 heterocycles. The molecule has 0 saturated heterocycles. The van der Waals surface area contributed by atoms with Crippen LogP contribution in [0.15, 0.2) is 6.33 Å². The van der Waals surface area contributed by atoms with E-state index < -0.39 is 0 Å². The van der Waals surface area contributed by atoms with Gasteiger partial charge in [-0.2, -0.15) is 5.10 Å². The third kappa shape index (κ3) is 2.09. The standard InChI is InChI=1S/C12H21N5/c1-2-17-12(14-7-15-17)6-11(16-13)10-4-8-3-9(8)5-10/h7-11,16H,2-6,13H2,1H3. The van der Waals surface area contributed by atoms with Crippen LogP contribution >= 0.6 is 0 Å². The Morgan fingerprint density at radius 1 is 1.47 bits per heavy atom. The molecular formula is C12H21N5. The molecule has 0 aliphatic heterocycles. The van der Waals surface area contributed by atoms with Crippen molar-refractivity contribution in [2.75, 3.05) is 0 Å². The third-order valence-electron chi connectivity index (χ3n) is 4.46. The maximum atomic E-state index is 5.71. The number of hydrogen-bond donors (Lipinski definition) is 2. The summed E-state index contributed by atoms with van der Waals surface area (Å²) >= 11 is 0. The predicted molar refractivity (Wildman–Crippen MR) is 64.8 cm³/mol. The summed E-state index contributed by atoms with van der Waals surface area (Å²) in [6.07, 6.45) is 6.69. The van der Waals surface area contributed by atoms with Crippen LogP contribution < -0.4 is 11.3 Å². The normalized spacial score (nSPS) is 32.5. The van der Waals surface area contributed by atoms with Crippen LogP contribution in [0.4, 0.5) is 0 Å².